The second-order valence-corrected chi connectivity index (χ2v) is 5.25. The second kappa shape index (κ2) is 6.42. The van der Waals surface area contributed by atoms with Crippen LogP contribution in [0, 0.1) is 0 Å². The van der Waals surface area contributed by atoms with Crippen molar-refractivity contribution in [2.24, 2.45) is 7.05 Å². The molecule has 2 rings (SSSR count). The summed E-state index contributed by atoms with van der Waals surface area (Å²) in [6.45, 7) is 3.07. The topological polar surface area (TPSA) is 29.9 Å². The highest BCUT2D eigenvalue weighted by Crippen LogP contribution is 2.28. The van der Waals surface area contributed by atoms with Crippen LogP contribution in [0.5, 0.6) is 0 Å². The molecule has 1 aromatic carbocycles. The molecule has 0 aliphatic carbocycles. The average molecular weight is 298 g/mol. The number of nitrogens with one attached hydrogen (secondary N) is 1. The van der Waals surface area contributed by atoms with E-state index in [0.29, 0.717) is 10.0 Å². The van der Waals surface area contributed by atoms with Gasteiger partial charge in [0.05, 0.1) is 21.8 Å². The van der Waals surface area contributed by atoms with Crippen LogP contribution in [0.25, 0.3) is 0 Å². The van der Waals surface area contributed by atoms with Crippen LogP contribution in [0.3, 0.4) is 0 Å². The van der Waals surface area contributed by atoms with Crippen molar-refractivity contribution in [2.75, 3.05) is 6.54 Å². The van der Waals surface area contributed by atoms with Crippen molar-refractivity contribution >= 4 is 23.2 Å². The Balaban J connectivity index is 2.37. The fourth-order valence-electron chi connectivity index (χ4n) is 2.04. The van der Waals surface area contributed by atoms with Gasteiger partial charge < -0.3 is 5.32 Å². The lowest BCUT2D eigenvalue weighted by atomic mass is 10.0. The number of benzene rings is 1. The van der Waals surface area contributed by atoms with E-state index in [0.717, 1.165) is 24.2 Å². The molecule has 1 unspecified atom stereocenters. The average Bonchev–Trinajstić information content (AvgIpc) is 2.80. The van der Waals surface area contributed by atoms with E-state index in [1.165, 1.54) is 0 Å². The van der Waals surface area contributed by atoms with E-state index in [1.54, 1.807) is 6.20 Å². The van der Waals surface area contributed by atoms with Crippen LogP contribution in [0.1, 0.15) is 30.6 Å². The summed E-state index contributed by atoms with van der Waals surface area (Å²) in [5.74, 6) is 0. The van der Waals surface area contributed by atoms with Crippen molar-refractivity contribution in [3.05, 3.63) is 51.8 Å². The van der Waals surface area contributed by atoms with Gasteiger partial charge in [-0.05, 0) is 36.7 Å². The predicted molar refractivity (Wildman–Crippen MR) is 79.8 cm³/mol. The third kappa shape index (κ3) is 3.30. The summed E-state index contributed by atoms with van der Waals surface area (Å²) in [6, 6.07) is 7.81. The molecule has 1 atom stereocenters. The van der Waals surface area contributed by atoms with Gasteiger partial charge in [0.25, 0.3) is 0 Å². The lowest BCUT2D eigenvalue weighted by Gasteiger charge is -2.19. The Kier molecular flexibility index (Phi) is 4.86. The summed E-state index contributed by atoms with van der Waals surface area (Å²) >= 11 is 12.1. The molecule has 0 saturated heterocycles. The normalized spacial score (nSPS) is 12.6. The van der Waals surface area contributed by atoms with Crippen LogP contribution in [-0.2, 0) is 7.05 Å². The summed E-state index contributed by atoms with van der Waals surface area (Å²) in [7, 11) is 1.94. The van der Waals surface area contributed by atoms with Gasteiger partial charge in [0.15, 0.2) is 0 Å². The van der Waals surface area contributed by atoms with Gasteiger partial charge in [-0.3, -0.25) is 4.68 Å². The van der Waals surface area contributed by atoms with Crippen LogP contribution in [0.2, 0.25) is 10.0 Å². The second-order valence-electron chi connectivity index (χ2n) is 4.44. The monoisotopic (exact) mass is 297 g/mol. The number of rotatable bonds is 5. The summed E-state index contributed by atoms with van der Waals surface area (Å²) in [5, 5.41) is 8.89. The molecule has 0 saturated carbocycles. The minimum atomic E-state index is 0.0715. The van der Waals surface area contributed by atoms with Crippen molar-refractivity contribution < 1.29 is 0 Å². The van der Waals surface area contributed by atoms with E-state index in [2.05, 4.69) is 17.3 Å². The molecule has 0 amide bonds. The number of aryl methyl sites for hydroxylation is 1. The van der Waals surface area contributed by atoms with Gasteiger partial charge in [-0.1, -0.05) is 36.2 Å². The molecule has 1 aromatic heterocycles. The molecule has 3 nitrogen and oxygen atoms in total. The number of nitrogens with zero attached hydrogens (tertiary/aromatic N) is 2. The lowest BCUT2D eigenvalue weighted by Crippen LogP contribution is -2.25. The maximum Gasteiger partial charge on any atom is 0.0748 e. The zero-order chi connectivity index (χ0) is 13.8. The first-order valence-electron chi connectivity index (χ1n) is 6.29. The molecule has 0 bridgehead atoms. The van der Waals surface area contributed by atoms with Crippen molar-refractivity contribution in [3.8, 4) is 0 Å². The van der Waals surface area contributed by atoms with Crippen molar-refractivity contribution in [2.45, 2.75) is 19.4 Å². The molecule has 0 radical (unpaired) electrons. The molecule has 0 fully saturated rings. The smallest absolute Gasteiger partial charge is 0.0748 e. The van der Waals surface area contributed by atoms with Crippen LogP contribution in [0.15, 0.2) is 30.5 Å². The highest BCUT2D eigenvalue weighted by atomic mass is 35.5. The first kappa shape index (κ1) is 14.4. The van der Waals surface area contributed by atoms with Crippen molar-refractivity contribution in [1.29, 1.82) is 0 Å². The standard InChI is InChI=1S/C14H17Cl2N3/c1-3-7-17-14(13-6-8-18-19(13)2)10-4-5-11(15)12(16)9-10/h4-6,8-9,14,17H,3,7H2,1-2H3. The van der Waals surface area contributed by atoms with Gasteiger partial charge in [0, 0.05) is 13.2 Å². The van der Waals surface area contributed by atoms with Gasteiger partial charge in [0.2, 0.25) is 0 Å². The third-order valence-electron chi connectivity index (χ3n) is 3.03. The number of hydrogen-bond donors (Lipinski definition) is 1. The van der Waals surface area contributed by atoms with Crippen LogP contribution in [0.4, 0.5) is 0 Å². The molecule has 0 spiro atoms. The van der Waals surface area contributed by atoms with Gasteiger partial charge in [-0.2, -0.15) is 5.10 Å². The van der Waals surface area contributed by atoms with Gasteiger partial charge in [-0.15, -0.1) is 0 Å². The van der Waals surface area contributed by atoms with E-state index in [4.69, 9.17) is 23.2 Å². The minimum Gasteiger partial charge on any atom is -0.305 e. The van der Waals surface area contributed by atoms with Crippen LogP contribution >= 0.6 is 23.2 Å². The van der Waals surface area contributed by atoms with Gasteiger partial charge in [0.1, 0.15) is 0 Å². The van der Waals surface area contributed by atoms with Gasteiger partial charge in [-0.25, -0.2) is 0 Å². The molecule has 0 aliphatic heterocycles. The Hall–Kier alpha value is -1.03. The SMILES string of the molecule is CCCNC(c1ccc(Cl)c(Cl)c1)c1ccnn1C. The summed E-state index contributed by atoms with van der Waals surface area (Å²) in [6.07, 6.45) is 2.86. The van der Waals surface area contributed by atoms with Crippen LogP contribution < -0.4 is 5.32 Å². The Labute approximate surface area is 123 Å². The zero-order valence-corrected chi connectivity index (χ0v) is 12.5. The fraction of sp³-hybridized carbons (Fsp3) is 0.357. The van der Waals surface area contributed by atoms with E-state index in [9.17, 15) is 0 Å². The van der Waals surface area contributed by atoms with Crippen molar-refractivity contribution in [3.63, 3.8) is 0 Å². The quantitative estimate of drug-likeness (QED) is 0.909. The molecular formula is C14H17Cl2N3. The fourth-order valence-corrected chi connectivity index (χ4v) is 2.35. The number of aromatic nitrogens is 2. The Morgan fingerprint density at radius 2 is 2.05 bits per heavy atom. The predicted octanol–water partition coefficient (Wildman–Crippen LogP) is 3.82. The van der Waals surface area contributed by atoms with Gasteiger partial charge >= 0.3 is 0 Å². The Bertz CT molecular complexity index is 551. The molecule has 0 aliphatic rings. The Morgan fingerprint density at radius 1 is 1.26 bits per heavy atom. The molecule has 1 heterocycles. The van der Waals surface area contributed by atoms with E-state index in [1.807, 2.05) is 36.0 Å². The largest absolute Gasteiger partial charge is 0.305 e. The molecule has 19 heavy (non-hydrogen) atoms. The highest BCUT2D eigenvalue weighted by molar-refractivity contribution is 6.42. The molecule has 102 valence electrons. The lowest BCUT2D eigenvalue weighted by molar-refractivity contribution is 0.553. The molecule has 1 N–H and O–H groups in total. The first-order valence-corrected chi connectivity index (χ1v) is 7.05. The minimum absolute atomic E-state index is 0.0715. The highest BCUT2D eigenvalue weighted by Gasteiger charge is 2.17. The molecule has 2 aromatic rings. The van der Waals surface area contributed by atoms with E-state index in [-0.39, 0.29) is 6.04 Å². The maximum absolute atomic E-state index is 6.11. The first-order chi connectivity index (χ1) is 9.13. The van der Waals surface area contributed by atoms with E-state index >= 15 is 0 Å². The number of halogens is 2. The zero-order valence-electron chi connectivity index (χ0n) is 11.0. The summed E-state index contributed by atoms with van der Waals surface area (Å²) in [4.78, 5) is 0. The van der Waals surface area contributed by atoms with Crippen LogP contribution in [-0.4, -0.2) is 16.3 Å². The number of hydrogen-bond acceptors (Lipinski definition) is 2. The molecule has 5 heteroatoms. The Morgan fingerprint density at radius 3 is 2.63 bits per heavy atom. The maximum atomic E-state index is 6.11. The molecular weight excluding hydrogens is 281 g/mol. The van der Waals surface area contributed by atoms with Crippen molar-refractivity contribution in [1.82, 2.24) is 15.1 Å². The summed E-state index contributed by atoms with van der Waals surface area (Å²) < 4.78 is 1.87. The summed E-state index contributed by atoms with van der Waals surface area (Å²) in [5.41, 5.74) is 2.19. The van der Waals surface area contributed by atoms with E-state index < -0.39 is 0 Å². The third-order valence-corrected chi connectivity index (χ3v) is 3.77.